The van der Waals surface area contributed by atoms with E-state index in [1.807, 2.05) is 6.07 Å². The number of allylic oxidation sites excluding steroid dienone is 1. The topological polar surface area (TPSA) is 36.4 Å². The van der Waals surface area contributed by atoms with E-state index in [1.54, 1.807) is 28.9 Å². The summed E-state index contributed by atoms with van der Waals surface area (Å²) in [6.07, 6.45) is 2.93. The standard InChI is InChI=1S/C21H24F2N2OS/c1-13(2)27-21-17(5-4-7-24-21)16-10-18(22)20(19(23)11-16)25-8-6-15(12-25)9-14(3)26/h4-5,7,10-11,13,15,26H,3,6,8-9,12H2,1-2H3/t15-/m0/s1. The van der Waals surface area contributed by atoms with Crippen LogP contribution in [0.1, 0.15) is 26.7 Å². The zero-order valence-corrected chi connectivity index (χ0v) is 16.4. The number of thioether (sulfide) groups is 1. The van der Waals surface area contributed by atoms with E-state index in [0.717, 1.165) is 17.0 Å². The van der Waals surface area contributed by atoms with E-state index in [-0.39, 0.29) is 17.4 Å². The van der Waals surface area contributed by atoms with E-state index in [1.165, 1.54) is 12.1 Å². The molecule has 1 atom stereocenters. The van der Waals surface area contributed by atoms with Crippen molar-refractivity contribution in [1.29, 1.82) is 0 Å². The first-order valence-corrected chi connectivity index (χ1v) is 9.96. The Kier molecular flexibility index (Phi) is 6.05. The highest BCUT2D eigenvalue weighted by Crippen LogP contribution is 2.37. The van der Waals surface area contributed by atoms with Gasteiger partial charge in [0.15, 0.2) is 0 Å². The minimum atomic E-state index is -0.571. The summed E-state index contributed by atoms with van der Waals surface area (Å²) in [5.41, 5.74) is 1.23. The molecule has 1 saturated heterocycles. The zero-order chi connectivity index (χ0) is 19.6. The molecule has 0 aliphatic carbocycles. The number of pyridine rings is 1. The number of aliphatic hydroxyl groups is 1. The minimum absolute atomic E-state index is 0.00625. The summed E-state index contributed by atoms with van der Waals surface area (Å²) < 4.78 is 29.7. The molecule has 1 N–H and O–H groups in total. The van der Waals surface area contributed by atoms with Crippen LogP contribution in [0.15, 0.2) is 47.8 Å². The normalized spacial score (nSPS) is 16.9. The molecule has 0 saturated carbocycles. The van der Waals surface area contributed by atoms with Crippen LogP contribution in [0.4, 0.5) is 14.5 Å². The molecule has 1 fully saturated rings. The lowest BCUT2D eigenvalue weighted by molar-refractivity contribution is 0.360. The predicted octanol–water partition coefficient (Wildman–Crippen LogP) is 5.82. The van der Waals surface area contributed by atoms with Crippen LogP contribution in [0.25, 0.3) is 11.1 Å². The molecule has 2 heterocycles. The monoisotopic (exact) mass is 390 g/mol. The first kappa shape index (κ1) is 19.7. The van der Waals surface area contributed by atoms with Gasteiger partial charge in [0.1, 0.15) is 22.3 Å². The highest BCUT2D eigenvalue weighted by molar-refractivity contribution is 7.99. The van der Waals surface area contributed by atoms with Gasteiger partial charge in [0, 0.05) is 36.5 Å². The first-order valence-electron chi connectivity index (χ1n) is 9.08. The van der Waals surface area contributed by atoms with Gasteiger partial charge < -0.3 is 10.0 Å². The molecule has 2 aromatic rings. The van der Waals surface area contributed by atoms with Crippen molar-refractivity contribution in [1.82, 2.24) is 4.98 Å². The van der Waals surface area contributed by atoms with Gasteiger partial charge in [0.05, 0.1) is 5.76 Å². The second kappa shape index (κ2) is 8.30. The lowest BCUT2D eigenvalue weighted by atomic mass is 10.0. The van der Waals surface area contributed by atoms with Crippen molar-refractivity contribution in [3.63, 3.8) is 0 Å². The lowest BCUT2D eigenvalue weighted by Gasteiger charge is -2.21. The summed E-state index contributed by atoms with van der Waals surface area (Å²) in [4.78, 5) is 6.08. The number of aromatic nitrogens is 1. The maximum Gasteiger partial charge on any atom is 0.150 e. The molecule has 0 spiro atoms. The van der Waals surface area contributed by atoms with Crippen LogP contribution in [-0.4, -0.2) is 28.4 Å². The van der Waals surface area contributed by atoms with Gasteiger partial charge in [-0.1, -0.05) is 26.5 Å². The number of anilines is 1. The van der Waals surface area contributed by atoms with Crippen molar-refractivity contribution in [2.24, 2.45) is 5.92 Å². The SMILES string of the molecule is C=C(O)C[C@@H]1CCN(c2c(F)cc(-c3cccnc3SC(C)C)cc2F)C1. The third-order valence-corrected chi connectivity index (χ3v) is 5.59. The highest BCUT2D eigenvalue weighted by atomic mass is 32.2. The van der Waals surface area contributed by atoms with Gasteiger partial charge >= 0.3 is 0 Å². The lowest BCUT2D eigenvalue weighted by Crippen LogP contribution is -2.22. The van der Waals surface area contributed by atoms with Crippen LogP contribution in [0.5, 0.6) is 0 Å². The zero-order valence-electron chi connectivity index (χ0n) is 15.6. The summed E-state index contributed by atoms with van der Waals surface area (Å²) >= 11 is 1.57. The molecule has 1 aromatic carbocycles. The quantitative estimate of drug-likeness (QED) is 0.498. The Bertz CT molecular complexity index is 818. The fourth-order valence-electron chi connectivity index (χ4n) is 3.49. The molecular weight excluding hydrogens is 366 g/mol. The summed E-state index contributed by atoms with van der Waals surface area (Å²) in [5, 5.41) is 10.4. The van der Waals surface area contributed by atoms with E-state index in [9.17, 15) is 13.9 Å². The second-order valence-corrected chi connectivity index (χ2v) is 8.75. The molecule has 1 aromatic heterocycles. The number of aliphatic hydroxyl groups excluding tert-OH is 1. The summed E-state index contributed by atoms with van der Waals surface area (Å²) in [6.45, 7) is 8.68. The Hall–Kier alpha value is -2.08. The van der Waals surface area contributed by atoms with Crippen molar-refractivity contribution >= 4 is 17.4 Å². The van der Waals surface area contributed by atoms with E-state index in [0.29, 0.717) is 30.3 Å². The fourth-order valence-corrected chi connectivity index (χ4v) is 4.37. The molecular formula is C21H24F2N2OS. The van der Waals surface area contributed by atoms with Gasteiger partial charge in [-0.25, -0.2) is 13.8 Å². The fraction of sp³-hybridized carbons (Fsp3) is 0.381. The van der Waals surface area contributed by atoms with Crippen molar-refractivity contribution in [2.45, 2.75) is 37.0 Å². The average Bonchev–Trinajstić information content (AvgIpc) is 3.01. The Morgan fingerprint density at radius 1 is 1.37 bits per heavy atom. The molecule has 0 amide bonds. The van der Waals surface area contributed by atoms with Gasteiger partial charge in [0.25, 0.3) is 0 Å². The van der Waals surface area contributed by atoms with Gasteiger partial charge in [-0.05, 0) is 36.1 Å². The van der Waals surface area contributed by atoms with E-state index < -0.39 is 11.6 Å². The Labute approximate surface area is 163 Å². The third-order valence-electron chi connectivity index (χ3n) is 4.57. The number of halogens is 2. The van der Waals surface area contributed by atoms with Crippen LogP contribution in [-0.2, 0) is 0 Å². The summed E-state index contributed by atoms with van der Waals surface area (Å²) in [7, 11) is 0. The van der Waals surface area contributed by atoms with E-state index >= 15 is 0 Å². The molecule has 0 radical (unpaired) electrons. The van der Waals surface area contributed by atoms with Gasteiger partial charge in [-0.15, -0.1) is 11.8 Å². The molecule has 27 heavy (non-hydrogen) atoms. The molecule has 3 rings (SSSR count). The Balaban J connectivity index is 1.90. The number of hydrogen-bond acceptors (Lipinski definition) is 4. The Morgan fingerprint density at radius 3 is 2.70 bits per heavy atom. The van der Waals surface area contributed by atoms with Crippen LogP contribution in [0.2, 0.25) is 0 Å². The summed E-state index contributed by atoms with van der Waals surface area (Å²) in [6, 6.07) is 6.39. The molecule has 0 unspecified atom stereocenters. The number of hydrogen-bond donors (Lipinski definition) is 1. The van der Waals surface area contributed by atoms with Crippen molar-refractivity contribution in [3.8, 4) is 11.1 Å². The summed E-state index contributed by atoms with van der Waals surface area (Å²) in [5.74, 6) is -0.867. The highest BCUT2D eigenvalue weighted by Gasteiger charge is 2.28. The molecule has 6 heteroatoms. The van der Waals surface area contributed by atoms with Crippen molar-refractivity contribution < 1.29 is 13.9 Å². The molecule has 1 aliphatic rings. The number of nitrogens with zero attached hydrogens (tertiary/aromatic N) is 2. The smallest absolute Gasteiger partial charge is 0.150 e. The van der Waals surface area contributed by atoms with Crippen LogP contribution >= 0.6 is 11.8 Å². The van der Waals surface area contributed by atoms with Crippen LogP contribution in [0, 0.1) is 17.6 Å². The minimum Gasteiger partial charge on any atom is -0.513 e. The van der Waals surface area contributed by atoms with Gasteiger partial charge in [0.2, 0.25) is 0 Å². The van der Waals surface area contributed by atoms with Gasteiger partial charge in [-0.3, -0.25) is 0 Å². The van der Waals surface area contributed by atoms with E-state index in [2.05, 4.69) is 25.4 Å². The molecule has 3 nitrogen and oxygen atoms in total. The maximum atomic E-state index is 14.9. The third kappa shape index (κ3) is 4.61. The van der Waals surface area contributed by atoms with E-state index in [4.69, 9.17) is 0 Å². The van der Waals surface area contributed by atoms with Crippen LogP contribution in [0.3, 0.4) is 0 Å². The maximum absolute atomic E-state index is 14.9. The predicted molar refractivity (Wildman–Crippen MR) is 107 cm³/mol. The van der Waals surface area contributed by atoms with Crippen molar-refractivity contribution in [2.75, 3.05) is 18.0 Å². The molecule has 0 bridgehead atoms. The second-order valence-electron chi connectivity index (χ2n) is 7.18. The van der Waals surface area contributed by atoms with Crippen molar-refractivity contribution in [3.05, 3.63) is 54.4 Å². The number of rotatable bonds is 6. The first-order chi connectivity index (χ1) is 12.8. The largest absolute Gasteiger partial charge is 0.513 e. The molecule has 1 aliphatic heterocycles. The Morgan fingerprint density at radius 2 is 2.07 bits per heavy atom. The van der Waals surface area contributed by atoms with Gasteiger partial charge in [-0.2, -0.15) is 0 Å². The number of benzene rings is 1. The average molecular weight is 390 g/mol. The molecule has 144 valence electrons. The van der Waals surface area contributed by atoms with Crippen LogP contribution < -0.4 is 4.90 Å².